The molecule has 9 heteroatoms. The molecule has 2 aromatic heterocycles. The molecule has 0 unspecified atom stereocenters. The lowest BCUT2D eigenvalue weighted by Gasteiger charge is -2.34. The van der Waals surface area contributed by atoms with Crippen LogP contribution in [0.3, 0.4) is 0 Å². The summed E-state index contributed by atoms with van der Waals surface area (Å²) in [5, 5.41) is 6.25. The van der Waals surface area contributed by atoms with Gasteiger partial charge >= 0.3 is 6.09 Å². The standard InChI is InChI=1S/C34H44N6O3/c1-24-5-7-27(21-30(24)26-9-15-35-16-10-26)32(41)37-28-11-17-39(18-12-28)23-25-6-8-31(36-22-25)40-19-13-29(14-20-40)38-33(42)43-34(2,3)4/h5-10,15-16,21-22,28-29H,11-14,17-20,23H2,1-4H3,(H,37,41)(H,38,42). The van der Waals surface area contributed by atoms with Crippen LogP contribution in [0.2, 0.25) is 0 Å². The van der Waals surface area contributed by atoms with E-state index in [1.54, 1.807) is 12.4 Å². The third-order valence-corrected chi connectivity index (χ3v) is 8.17. The zero-order chi connectivity index (χ0) is 30.4. The highest BCUT2D eigenvalue weighted by atomic mass is 16.6. The van der Waals surface area contributed by atoms with Crippen LogP contribution in [0.1, 0.15) is 67.9 Å². The number of alkyl carbamates (subject to hydrolysis) is 1. The molecule has 0 bridgehead atoms. The van der Waals surface area contributed by atoms with E-state index in [1.807, 2.05) is 57.3 Å². The number of hydrogen-bond donors (Lipinski definition) is 2. The van der Waals surface area contributed by atoms with Crippen molar-refractivity contribution in [3.05, 3.63) is 77.7 Å². The number of amides is 2. The molecule has 0 spiro atoms. The number of anilines is 1. The summed E-state index contributed by atoms with van der Waals surface area (Å²) >= 11 is 0. The number of aromatic nitrogens is 2. The molecular formula is C34H44N6O3. The van der Waals surface area contributed by atoms with Crippen LogP contribution >= 0.6 is 0 Å². The fraction of sp³-hybridized carbons (Fsp3) is 0.471. The van der Waals surface area contributed by atoms with Gasteiger partial charge in [-0.2, -0.15) is 0 Å². The van der Waals surface area contributed by atoms with Crippen molar-refractivity contribution < 1.29 is 14.3 Å². The van der Waals surface area contributed by atoms with Crippen molar-refractivity contribution in [2.45, 2.75) is 77.6 Å². The number of pyridine rings is 2. The predicted octanol–water partition coefficient (Wildman–Crippen LogP) is 5.34. The fourth-order valence-electron chi connectivity index (χ4n) is 5.79. The number of rotatable bonds is 7. The summed E-state index contributed by atoms with van der Waals surface area (Å²) in [6.45, 7) is 12.1. The summed E-state index contributed by atoms with van der Waals surface area (Å²) in [5.41, 5.74) is 4.65. The molecule has 2 aliphatic rings. The van der Waals surface area contributed by atoms with Gasteiger partial charge in [-0.05, 0) is 106 Å². The molecule has 2 saturated heterocycles. The van der Waals surface area contributed by atoms with Crippen molar-refractivity contribution in [2.75, 3.05) is 31.1 Å². The van der Waals surface area contributed by atoms with E-state index in [1.165, 1.54) is 5.56 Å². The molecular weight excluding hydrogens is 540 g/mol. The summed E-state index contributed by atoms with van der Waals surface area (Å²) in [4.78, 5) is 38.7. The van der Waals surface area contributed by atoms with Crippen molar-refractivity contribution >= 4 is 17.8 Å². The number of aryl methyl sites for hydroxylation is 1. The number of likely N-dealkylation sites (tertiary alicyclic amines) is 1. The predicted molar refractivity (Wildman–Crippen MR) is 169 cm³/mol. The summed E-state index contributed by atoms with van der Waals surface area (Å²) in [6, 6.07) is 14.4. The average Bonchev–Trinajstić information content (AvgIpc) is 2.99. The number of ether oxygens (including phenoxy) is 1. The van der Waals surface area contributed by atoms with Crippen molar-refractivity contribution in [1.82, 2.24) is 25.5 Å². The third kappa shape index (κ3) is 8.54. The van der Waals surface area contributed by atoms with E-state index in [9.17, 15) is 9.59 Å². The van der Waals surface area contributed by atoms with Crippen LogP contribution in [0.5, 0.6) is 0 Å². The second-order valence-corrected chi connectivity index (χ2v) is 12.7. The van der Waals surface area contributed by atoms with Gasteiger partial charge in [-0.1, -0.05) is 12.1 Å². The Labute approximate surface area is 255 Å². The van der Waals surface area contributed by atoms with Crippen LogP contribution in [0.15, 0.2) is 61.1 Å². The van der Waals surface area contributed by atoms with Gasteiger partial charge in [0.15, 0.2) is 0 Å². The van der Waals surface area contributed by atoms with Crippen molar-refractivity contribution in [3.63, 3.8) is 0 Å². The minimum atomic E-state index is -0.490. The lowest BCUT2D eigenvalue weighted by molar-refractivity contribution is 0.0497. The van der Waals surface area contributed by atoms with Gasteiger partial charge < -0.3 is 20.3 Å². The van der Waals surface area contributed by atoms with Crippen LogP contribution in [0.25, 0.3) is 11.1 Å². The maximum Gasteiger partial charge on any atom is 0.407 e. The molecule has 2 N–H and O–H groups in total. The second kappa shape index (κ2) is 13.5. The number of nitrogens with one attached hydrogen (secondary N) is 2. The Balaban J connectivity index is 1.05. The minimum Gasteiger partial charge on any atom is -0.444 e. The summed E-state index contributed by atoms with van der Waals surface area (Å²) < 4.78 is 5.39. The van der Waals surface area contributed by atoms with Crippen LogP contribution in [0, 0.1) is 6.92 Å². The highest BCUT2D eigenvalue weighted by molar-refractivity contribution is 5.96. The number of carbonyl (C=O) groups is 2. The van der Waals surface area contributed by atoms with Crippen LogP contribution < -0.4 is 15.5 Å². The first-order valence-corrected chi connectivity index (χ1v) is 15.4. The Morgan fingerprint density at radius 3 is 2.23 bits per heavy atom. The molecule has 5 rings (SSSR count). The van der Waals surface area contributed by atoms with E-state index in [0.29, 0.717) is 5.56 Å². The fourth-order valence-corrected chi connectivity index (χ4v) is 5.79. The molecule has 4 heterocycles. The van der Waals surface area contributed by atoms with Gasteiger partial charge in [0.2, 0.25) is 0 Å². The third-order valence-electron chi connectivity index (χ3n) is 8.17. The van der Waals surface area contributed by atoms with E-state index in [2.05, 4.69) is 44.5 Å². The summed E-state index contributed by atoms with van der Waals surface area (Å²) in [7, 11) is 0. The number of hydrogen-bond acceptors (Lipinski definition) is 7. The maximum absolute atomic E-state index is 13.1. The lowest BCUT2D eigenvalue weighted by Crippen LogP contribution is -2.46. The molecule has 228 valence electrons. The van der Waals surface area contributed by atoms with Gasteiger partial charge in [0.05, 0.1) is 0 Å². The van der Waals surface area contributed by atoms with E-state index in [4.69, 9.17) is 9.72 Å². The van der Waals surface area contributed by atoms with Crippen LogP contribution in [-0.2, 0) is 11.3 Å². The zero-order valence-electron chi connectivity index (χ0n) is 25.8. The highest BCUT2D eigenvalue weighted by Gasteiger charge is 2.25. The molecule has 43 heavy (non-hydrogen) atoms. The van der Waals surface area contributed by atoms with E-state index in [-0.39, 0.29) is 24.1 Å². The van der Waals surface area contributed by atoms with Gasteiger partial charge in [-0.3, -0.25) is 14.7 Å². The first-order valence-electron chi connectivity index (χ1n) is 15.4. The zero-order valence-corrected chi connectivity index (χ0v) is 25.8. The molecule has 9 nitrogen and oxygen atoms in total. The first kappa shape index (κ1) is 30.5. The Hall–Kier alpha value is -3.98. The number of piperidine rings is 2. The van der Waals surface area contributed by atoms with Crippen molar-refractivity contribution in [3.8, 4) is 11.1 Å². The van der Waals surface area contributed by atoms with Gasteiger partial charge in [0.1, 0.15) is 11.4 Å². The largest absolute Gasteiger partial charge is 0.444 e. The van der Waals surface area contributed by atoms with Gasteiger partial charge in [-0.25, -0.2) is 9.78 Å². The molecule has 1 aromatic carbocycles. The Bertz CT molecular complexity index is 1370. The Kier molecular flexibility index (Phi) is 9.60. The molecule has 2 aliphatic heterocycles. The lowest BCUT2D eigenvalue weighted by atomic mass is 9.98. The number of nitrogens with zero attached hydrogens (tertiary/aromatic N) is 4. The van der Waals surface area contributed by atoms with E-state index >= 15 is 0 Å². The van der Waals surface area contributed by atoms with Gasteiger partial charge in [-0.15, -0.1) is 0 Å². The Morgan fingerprint density at radius 2 is 1.58 bits per heavy atom. The Morgan fingerprint density at radius 1 is 0.907 bits per heavy atom. The molecule has 0 radical (unpaired) electrons. The van der Waals surface area contributed by atoms with Gasteiger partial charge in [0, 0.05) is 69.0 Å². The smallest absolute Gasteiger partial charge is 0.407 e. The molecule has 2 fully saturated rings. The highest BCUT2D eigenvalue weighted by Crippen LogP contribution is 2.25. The molecule has 0 aliphatic carbocycles. The van der Waals surface area contributed by atoms with Gasteiger partial charge in [0.25, 0.3) is 5.91 Å². The molecule has 0 atom stereocenters. The molecule has 3 aromatic rings. The number of carbonyl (C=O) groups excluding carboxylic acids is 2. The maximum atomic E-state index is 13.1. The molecule has 2 amide bonds. The van der Waals surface area contributed by atoms with Crippen LogP contribution in [-0.4, -0.2) is 70.7 Å². The van der Waals surface area contributed by atoms with E-state index < -0.39 is 5.60 Å². The van der Waals surface area contributed by atoms with E-state index in [0.717, 1.165) is 80.9 Å². The van der Waals surface area contributed by atoms with Crippen molar-refractivity contribution in [2.24, 2.45) is 0 Å². The SMILES string of the molecule is Cc1ccc(C(=O)NC2CCN(Cc3ccc(N4CCC(NC(=O)OC(C)(C)C)CC4)nc3)CC2)cc1-c1ccncc1. The quantitative estimate of drug-likeness (QED) is 0.387. The minimum absolute atomic E-state index is 0.0156. The summed E-state index contributed by atoms with van der Waals surface area (Å²) in [6.07, 6.45) is 8.76. The summed E-state index contributed by atoms with van der Waals surface area (Å²) in [5.74, 6) is 0.960. The van der Waals surface area contributed by atoms with Crippen molar-refractivity contribution in [1.29, 1.82) is 0 Å². The second-order valence-electron chi connectivity index (χ2n) is 12.7. The molecule has 0 saturated carbocycles. The monoisotopic (exact) mass is 584 g/mol. The number of benzene rings is 1. The normalized spacial score (nSPS) is 17.0. The first-order chi connectivity index (χ1) is 20.6. The average molecular weight is 585 g/mol. The van der Waals surface area contributed by atoms with Crippen LogP contribution in [0.4, 0.5) is 10.6 Å². The topological polar surface area (TPSA) is 99.7 Å².